The predicted octanol–water partition coefficient (Wildman–Crippen LogP) is 4.58. The molecule has 0 unspecified atom stereocenters. The number of imidazole rings is 1. The molecule has 37 heavy (non-hydrogen) atoms. The van der Waals surface area contributed by atoms with Gasteiger partial charge in [-0.05, 0) is 65.9 Å². The molecule has 5 aromatic rings. The highest BCUT2D eigenvalue weighted by molar-refractivity contribution is 6.07. The van der Waals surface area contributed by atoms with E-state index in [0.29, 0.717) is 22.9 Å². The molecule has 5 aromatic heterocycles. The van der Waals surface area contributed by atoms with Gasteiger partial charge in [0.15, 0.2) is 0 Å². The molecule has 1 aliphatic rings. The molecule has 0 spiro atoms. The van der Waals surface area contributed by atoms with Crippen LogP contribution < -0.4 is 5.32 Å². The van der Waals surface area contributed by atoms with Gasteiger partial charge in [0.25, 0.3) is 5.91 Å². The monoisotopic (exact) mass is 497 g/mol. The second-order valence-electron chi connectivity index (χ2n) is 10.2. The van der Waals surface area contributed by atoms with Crippen LogP contribution in [-0.2, 0) is 0 Å². The Labute approximate surface area is 214 Å². The van der Waals surface area contributed by atoms with E-state index in [-0.39, 0.29) is 11.9 Å². The molecule has 190 valence electrons. The molecule has 10 heteroatoms. The molecular formula is C27H31N9O. The van der Waals surface area contributed by atoms with Crippen molar-refractivity contribution in [2.45, 2.75) is 45.7 Å². The lowest BCUT2D eigenvalue weighted by atomic mass is 10.1. The second-order valence-corrected chi connectivity index (χ2v) is 10.2. The second kappa shape index (κ2) is 9.11. The SMILES string of the molecule is Cc1nc2cnc(-c3c[nH]c4ncc(C(=O)Nc5cnn(C6CCN(C)CC6)c5)cc34)cc2n1C(C)C. The number of carbonyl (C=O) groups is 1. The number of aromatic amines is 1. The van der Waals surface area contributed by atoms with Gasteiger partial charge >= 0.3 is 0 Å². The average Bonchev–Trinajstić information content (AvgIpc) is 3.59. The number of piperidine rings is 1. The van der Waals surface area contributed by atoms with Gasteiger partial charge in [-0.15, -0.1) is 0 Å². The highest BCUT2D eigenvalue weighted by atomic mass is 16.1. The normalized spacial score (nSPS) is 15.3. The molecule has 2 N–H and O–H groups in total. The molecule has 0 aliphatic carbocycles. The number of anilines is 1. The molecule has 1 saturated heterocycles. The number of nitrogens with zero attached hydrogens (tertiary/aromatic N) is 7. The Morgan fingerprint density at radius 2 is 1.95 bits per heavy atom. The molecule has 1 amide bonds. The fourth-order valence-electron chi connectivity index (χ4n) is 5.32. The van der Waals surface area contributed by atoms with Crippen molar-refractivity contribution in [1.82, 2.24) is 39.2 Å². The molecule has 6 heterocycles. The summed E-state index contributed by atoms with van der Waals surface area (Å²) in [6.07, 6.45) is 11.0. The van der Waals surface area contributed by atoms with Gasteiger partial charge in [-0.25, -0.2) is 9.97 Å². The molecule has 0 aromatic carbocycles. The molecule has 0 atom stereocenters. The molecule has 0 saturated carbocycles. The van der Waals surface area contributed by atoms with Crippen LogP contribution in [-0.4, -0.2) is 65.2 Å². The van der Waals surface area contributed by atoms with Gasteiger partial charge in [-0.1, -0.05) is 0 Å². The zero-order valence-electron chi connectivity index (χ0n) is 21.6. The first-order chi connectivity index (χ1) is 17.9. The van der Waals surface area contributed by atoms with Crippen molar-refractivity contribution in [2.75, 3.05) is 25.5 Å². The lowest BCUT2D eigenvalue weighted by molar-refractivity contribution is 0.102. The van der Waals surface area contributed by atoms with Crippen LogP contribution in [0, 0.1) is 6.92 Å². The number of hydrogen-bond acceptors (Lipinski definition) is 6. The van der Waals surface area contributed by atoms with Crippen LogP contribution in [0.4, 0.5) is 5.69 Å². The van der Waals surface area contributed by atoms with Crippen molar-refractivity contribution < 1.29 is 4.79 Å². The van der Waals surface area contributed by atoms with Crippen molar-refractivity contribution in [3.8, 4) is 11.3 Å². The van der Waals surface area contributed by atoms with E-state index in [9.17, 15) is 4.79 Å². The maximum absolute atomic E-state index is 13.1. The van der Waals surface area contributed by atoms with E-state index in [0.717, 1.165) is 59.4 Å². The first kappa shape index (κ1) is 23.4. The third kappa shape index (κ3) is 4.27. The molecule has 0 radical (unpaired) electrons. The van der Waals surface area contributed by atoms with Crippen LogP contribution in [0.5, 0.6) is 0 Å². The third-order valence-electron chi connectivity index (χ3n) is 7.26. The Morgan fingerprint density at radius 3 is 2.73 bits per heavy atom. The van der Waals surface area contributed by atoms with Gasteiger partial charge in [0, 0.05) is 35.6 Å². The topological polar surface area (TPSA) is 110 Å². The highest BCUT2D eigenvalue weighted by Crippen LogP contribution is 2.30. The number of hydrogen-bond donors (Lipinski definition) is 2. The maximum atomic E-state index is 13.1. The molecular weight excluding hydrogens is 466 g/mol. The van der Waals surface area contributed by atoms with E-state index < -0.39 is 0 Å². The lowest BCUT2D eigenvalue weighted by Crippen LogP contribution is -2.31. The number of H-pyrrole nitrogens is 1. The van der Waals surface area contributed by atoms with Gasteiger partial charge in [0.2, 0.25) is 0 Å². The molecule has 10 nitrogen and oxygen atoms in total. The fourth-order valence-corrected chi connectivity index (χ4v) is 5.32. The van der Waals surface area contributed by atoms with Gasteiger partial charge in [-0.2, -0.15) is 5.10 Å². The largest absolute Gasteiger partial charge is 0.345 e. The Morgan fingerprint density at radius 1 is 1.14 bits per heavy atom. The lowest BCUT2D eigenvalue weighted by Gasteiger charge is -2.28. The Hall–Kier alpha value is -4.05. The van der Waals surface area contributed by atoms with Gasteiger partial charge < -0.3 is 19.8 Å². The maximum Gasteiger partial charge on any atom is 0.257 e. The van der Waals surface area contributed by atoms with Crippen LogP contribution in [0.15, 0.2) is 43.1 Å². The van der Waals surface area contributed by atoms with Crippen LogP contribution in [0.2, 0.25) is 0 Å². The summed E-state index contributed by atoms with van der Waals surface area (Å²) >= 11 is 0. The number of fused-ring (bicyclic) bond motifs is 2. The third-order valence-corrected chi connectivity index (χ3v) is 7.26. The average molecular weight is 498 g/mol. The Kier molecular flexibility index (Phi) is 5.75. The van der Waals surface area contributed by atoms with Crippen molar-refractivity contribution in [1.29, 1.82) is 0 Å². The zero-order valence-corrected chi connectivity index (χ0v) is 21.6. The van der Waals surface area contributed by atoms with E-state index in [1.165, 1.54) is 0 Å². The Balaban J connectivity index is 1.27. The van der Waals surface area contributed by atoms with Crippen molar-refractivity contribution >= 4 is 33.7 Å². The first-order valence-electron chi connectivity index (χ1n) is 12.7. The number of nitrogens with one attached hydrogen (secondary N) is 2. The molecule has 0 bridgehead atoms. The van der Waals surface area contributed by atoms with Crippen LogP contribution in [0.25, 0.3) is 33.3 Å². The number of rotatable bonds is 5. The zero-order chi connectivity index (χ0) is 25.7. The number of likely N-dealkylation sites (tertiary alicyclic amines) is 1. The fraction of sp³-hybridized carbons (Fsp3) is 0.370. The van der Waals surface area contributed by atoms with E-state index in [1.807, 2.05) is 30.1 Å². The number of pyridine rings is 2. The van der Waals surface area contributed by atoms with Crippen LogP contribution in [0.3, 0.4) is 0 Å². The smallest absolute Gasteiger partial charge is 0.257 e. The minimum absolute atomic E-state index is 0.221. The number of aromatic nitrogens is 7. The molecule has 6 rings (SSSR count). The summed E-state index contributed by atoms with van der Waals surface area (Å²) in [7, 11) is 2.14. The summed E-state index contributed by atoms with van der Waals surface area (Å²) in [4.78, 5) is 32.5. The molecule has 1 aliphatic heterocycles. The quantitative estimate of drug-likeness (QED) is 0.368. The van der Waals surface area contributed by atoms with Crippen LogP contribution in [0.1, 0.15) is 55.0 Å². The number of aryl methyl sites for hydroxylation is 1. The first-order valence-corrected chi connectivity index (χ1v) is 12.7. The summed E-state index contributed by atoms with van der Waals surface area (Å²) in [5, 5.41) is 8.32. The molecule has 1 fully saturated rings. The minimum atomic E-state index is -0.221. The summed E-state index contributed by atoms with van der Waals surface area (Å²) in [5.41, 5.74) is 5.47. The van der Waals surface area contributed by atoms with Crippen molar-refractivity contribution in [2.24, 2.45) is 0 Å². The highest BCUT2D eigenvalue weighted by Gasteiger charge is 2.20. The summed E-state index contributed by atoms with van der Waals surface area (Å²) < 4.78 is 4.18. The standard InChI is InChI=1S/C27H31N9O/c1-16(2)36-17(3)32-24-14-28-23(10-25(24)36)22-13-30-26-21(22)9-18(11-29-26)27(37)33-19-12-31-35(15-19)20-5-7-34(4)8-6-20/h9-16,20H,5-8H2,1-4H3,(H,29,30)(H,33,37). The van der Waals surface area contributed by atoms with E-state index in [2.05, 4.69) is 66.8 Å². The van der Waals surface area contributed by atoms with Crippen LogP contribution >= 0.6 is 0 Å². The minimum Gasteiger partial charge on any atom is -0.345 e. The van der Waals surface area contributed by atoms with E-state index >= 15 is 0 Å². The van der Waals surface area contributed by atoms with E-state index in [1.54, 1.807) is 18.6 Å². The number of amides is 1. The summed E-state index contributed by atoms with van der Waals surface area (Å²) in [5.74, 6) is 0.740. The predicted molar refractivity (Wildman–Crippen MR) is 144 cm³/mol. The Bertz CT molecular complexity index is 1600. The van der Waals surface area contributed by atoms with E-state index in [4.69, 9.17) is 0 Å². The summed E-state index contributed by atoms with van der Waals surface area (Å²) in [6.45, 7) is 8.41. The van der Waals surface area contributed by atoms with Crippen molar-refractivity contribution in [3.05, 3.63) is 54.5 Å². The van der Waals surface area contributed by atoms with Gasteiger partial charge in [0.05, 0.1) is 40.9 Å². The van der Waals surface area contributed by atoms with Gasteiger partial charge in [0.1, 0.15) is 17.0 Å². The summed E-state index contributed by atoms with van der Waals surface area (Å²) in [6, 6.07) is 4.57. The van der Waals surface area contributed by atoms with Crippen molar-refractivity contribution in [3.63, 3.8) is 0 Å². The number of carbonyl (C=O) groups excluding carboxylic acids is 1. The van der Waals surface area contributed by atoms with Gasteiger partial charge in [-0.3, -0.25) is 14.5 Å².